The zero-order valence-corrected chi connectivity index (χ0v) is 13.6. The molecule has 0 unspecified atom stereocenters. The Bertz CT molecular complexity index is 479. The molecule has 0 fully saturated rings. The fourth-order valence-electron chi connectivity index (χ4n) is 1.78. The number of hydrogen-bond donors (Lipinski definition) is 1. The van der Waals surface area contributed by atoms with E-state index < -0.39 is 0 Å². The standard InChI is InChI=1S/C15H21ClN2O4/c1-21-11-3-9-18(10-8-14(19)22-2)15(20)17-13-6-4-12(16)5-7-13/h4-7H,3,8-11H2,1-2H3,(H,17,20). The summed E-state index contributed by atoms with van der Waals surface area (Å²) in [6, 6.07) is 6.55. The number of nitrogens with zero attached hydrogens (tertiary/aromatic N) is 1. The Morgan fingerprint density at radius 1 is 1.18 bits per heavy atom. The summed E-state index contributed by atoms with van der Waals surface area (Å²) < 4.78 is 9.59. The molecule has 6 nitrogen and oxygen atoms in total. The molecule has 0 aliphatic rings. The number of esters is 1. The average molecular weight is 329 g/mol. The summed E-state index contributed by atoms with van der Waals surface area (Å²) in [5.41, 5.74) is 0.643. The van der Waals surface area contributed by atoms with Gasteiger partial charge >= 0.3 is 12.0 Å². The molecule has 0 heterocycles. The van der Waals surface area contributed by atoms with Crippen molar-refractivity contribution in [3.63, 3.8) is 0 Å². The van der Waals surface area contributed by atoms with E-state index in [1.807, 2.05) is 0 Å². The maximum Gasteiger partial charge on any atom is 0.321 e. The van der Waals surface area contributed by atoms with Crippen LogP contribution in [-0.4, -0.2) is 50.8 Å². The van der Waals surface area contributed by atoms with Gasteiger partial charge in [0.25, 0.3) is 0 Å². The van der Waals surface area contributed by atoms with Gasteiger partial charge in [-0.25, -0.2) is 4.79 Å². The van der Waals surface area contributed by atoms with Crippen LogP contribution in [0.5, 0.6) is 0 Å². The van der Waals surface area contributed by atoms with Crippen LogP contribution in [0.1, 0.15) is 12.8 Å². The molecule has 0 saturated heterocycles. The Morgan fingerprint density at radius 3 is 2.45 bits per heavy atom. The normalized spacial score (nSPS) is 10.1. The second-order valence-electron chi connectivity index (χ2n) is 4.60. The third-order valence-electron chi connectivity index (χ3n) is 2.97. The fraction of sp³-hybridized carbons (Fsp3) is 0.467. The van der Waals surface area contributed by atoms with Gasteiger partial charge in [0.2, 0.25) is 0 Å². The molecule has 0 aliphatic carbocycles. The average Bonchev–Trinajstić information content (AvgIpc) is 2.52. The van der Waals surface area contributed by atoms with Crippen molar-refractivity contribution in [1.82, 2.24) is 4.90 Å². The molecule has 0 radical (unpaired) electrons. The van der Waals surface area contributed by atoms with Gasteiger partial charge in [-0.2, -0.15) is 0 Å². The van der Waals surface area contributed by atoms with Gasteiger partial charge in [0.05, 0.1) is 13.5 Å². The molecule has 22 heavy (non-hydrogen) atoms. The van der Waals surface area contributed by atoms with E-state index in [-0.39, 0.29) is 25.0 Å². The summed E-state index contributed by atoms with van der Waals surface area (Å²) in [7, 11) is 2.93. The number of benzene rings is 1. The highest BCUT2D eigenvalue weighted by atomic mass is 35.5. The Labute approximate surface area is 135 Å². The predicted molar refractivity (Wildman–Crippen MR) is 85.2 cm³/mol. The Hall–Kier alpha value is -1.79. The summed E-state index contributed by atoms with van der Waals surface area (Å²) in [6.07, 6.45) is 0.837. The van der Waals surface area contributed by atoms with Gasteiger partial charge in [0, 0.05) is 37.5 Å². The number of rotatable bonds is 8. The van der Waals surface area contributed by atoms with E-state index in [1.165, 1.54) is 7.11 Å². The van der Waals surface area contributed by atoms with Crippen LogP contribution in [0.15, 0.2) is 24.3 Å². The number of halogens is 1. The van der Waals surface area contributed by atoms with Gasteiger partial charge in [-0.3, -0.25) is 4.79 Å². The summed E-state index contributed by atoms with van der Waals surface area (Å²) >= 11 is 5.81. The maximum absolute atomic E-state index is 12.3. The zero-order chi connectivity index (χ0) is 16.4. The summed E-state index contributed by atoms with van der Waals surface area (Å²) in [6.45, 7) is 1.32. The molecule has 0 aromatic heterocycles. The van der Waals surface area contributed by atoms with Gasteiger partial charge < -0.3 is 19.7 Å². The molecule has 1 rings (SSSR count). The van der Waals surface area contributed by atoms with Crippen molar-refractivity contribution in [2.75, 3.05) is 39.2 Å². The molecule has 1 aromatic carbocycles. The Balaban J connectivity index is 2.60. The lowest BCUT2D eigenvalue weighted by molar-refractivity contribution is -0.140. The lowest BCUT2D eigenvalue weighted by Gasteiger charge is -2.22. The molecule has 0 atom stereocenters. The SMILES string of the molecule is COCCCN(CCC(=O)OC)C(=O)Nc1ccc(Cl)cc1. The molecule has 2 amide bonds. The van der Waals surface area contributed by atoms with Gasteiger partial charge in [0.15, 0.2) is 0 Å². The van der Waals surface area contributed by atoms with Crippen LogP contribution in [-0.2, 0) is 14.3 Å². The van der Waals surface area contributed by atoms with Crippen molar-refractivity contribution >= 4 is 29.3 Å². The number of nitrogens with one attached hydrogen (secondary N) is 1. The van der Waals surface area contributed by atoms with E-state index in [4.69, 9.17) is 16.3 Å². The van der Waals surface area contributed by atoms with Crippen LogP contribution in [0.2, 0.25) is 5.02 Å². The number of amides is 2. The number of anilines is 1. The molecular formula is C15H21ClN2O4. The van der Waals surface area contributed by atoms with Crippen LogP contribution in [0.25, 0.3) is 0 Å². The molecule has 0 aliphatic heterocycles. The lowest BCUT2D eigenvalue weighted by Crippen LogP contribution is -2.37. The maximum atomic E-state index is 12.3. The quantitative estimate of drug-likeness (QED) is 0.588. The Morgan fingerprint density at radius 2 is 1.86 bits per heavy atom. The monoisotopic (exact) mass is 328 g/mol. The number of carbonyl (C=O) groups excluding carboxylic acids is 2. The number of methoxy groups -OCH3 is 2. The van der Waals surface area contributed by atoms with Crippen LogP contribution in [0.4, 0.5) is 10.5 Å². The number of ether oxygens (including phenoxy) is 2. The highest BCUT2D eigenvalue weighted by Crippen LogP contribution is 2.14. The van der Waals surface area contributed by atoms with E-state index >= 15 is 0 Å². The van der Waals surface area contributed by atoms with Crippen molar-refractivity contribution in [2.24, 2.45) is 0 Å². The molecular weight excluding hydrogens is 308 g/mol. The molecule has 1 N–H and O–H groups in total. The summed E-state index contributed by atoms with van der Waals surface area (Å²) in [4.78, 5) is 25.1. The van der Waals surface area contributed by atoms with E-state index in [1.54, 1.807) is 36.3 Å². The second kappa shape index (κ2) is 10.0. The first-order chi connectivity index (χ1) is 10.6. The second-order valence-corrected chi connectivity index (χ2v) is 5.03. The minimum Gasteiger partial charge on any atom is -0.469 e. The smallest absolute Gasteiger partial charge is 0.321 e. The van der Waals surface area contributed by atoms with Gasteiger partial charge in [-0.1, -0.05) is 11.6 Å². The van der Waals surface area contributed by atoms with Crippen LogP contribution in [0.3, 0.4) is 0 Å². The third-order valence-corrected chi connectivity index (χ3v) is 3.22. The summed E-state index contributed by atoms with van der Waals surface area (Å²) in [5, 5.41) is 3.37. The molecule has 1 aromatic rings. The van der Waals surface area contributed by atoms with Crippen molar-refractivity contribution < 1.29 is 19.1 Å². The zero-order valence-electron chi connectivity index (χ0n) is 12.8. The lowest BCUT2D eigenvalue weighted by atomic mass is 10.3. The predicted octanol–water partition coefficient (Wildman–Crippen LogP) is 2.77. The molecule has 0 saturated carbocycles. The van der Waals surface area contributed by atoms with E-state index in [9.17, 15) is 9.59 Å². The van der Waals surface area contributed by atoms with E-state index in [0.29, 0.717) is 30.3 Å². The van der Waals surface area contributed by atoms with Crippen LogP contribution >= 0.6 is 11.6 Å². The van der Waals surface area contributed by atoms with Crippen molar-refractivity contribution in [3.05, 3.63) is 29.3 Å². The number of urea groups is 1. The van der Waals surface area contributed by atoms with Crippen molar-refractivity contribution in [2.45, 2.75) is 12.8 Å². The minimum atomic E-state index is -0.351. The van der Waals surface area contributed by atoms with Gasteiger partial charge in [-0.15, -0.1) is 0 Å². The molecule has 122 valence electrons. The van der Waals surface area contributed by atoms with Crippen LogP contribution in [0, 0.1) is 0 Å². The first-order valence-electron chi connectivity index (χ1n) is 6.94. The Kier molecular flexibility index (Phi) is 8.32. The highest BCUT2D eigenvalue weighted by Gasteiger charge is 2.15. The molecule has 0 spiro atoms. The van der Waals surface area contributed by atoms with Gasteiger partial charge in [0.1, 0.15) is 0 Å². The fourth-order valence-corrected chi connectivity index (χ4v) is 1.90. The summed E-state index contributed by atoms with van der Waals surface area (Å²) in [5.74, 6) is -0.351. The molecule has 0 bridgehead atoms. The third kappa shape index (κ3) is 6.78. The van der Waals surface area contributed by atoms with Crippen molar-refractivity contribution in [3.8, 4) is 0 Å². The van der Waals surface area contributed by atoms with E-state index in [2.05, 4.69) is 10.1 Å². The molecule has 7 heteroatoms. The minimum absolute atomic E-state index is 0.150. The number of hydrogen-bond acceptors (Lipinski definition) is 4. The topological polar surface area (TPSA) is 67.9 Å². The number of carbonyl (C=O) groups is 2. The first kappa shape index (κ1) is 18.3. The van der Waals surface area contributed by atoms with Crippen LogP contribution < -0.4 is 5.32 Å². The highest BCUT2D eigenvalue weighted by molar-refractivity contribution is 6.30. The van der Waals surface area contributed by atoms with Gasteiger partial charge in [-0.05, 0) is 30.7 Å². The van der Waals surface area contributed by atoms with E-state index in [0.717, 1.165) is 0 Å². The van der Waals surface area contributed by atoms with Crippen molar-refractivity contribution in [1.29, 1.82) is 0 Å². The largest absolute Gasteiger partial charge is 0.469 e. The first-order valence-corrected chi connectivity index (χ1v) is 7.32.